The van der Waals surface area contributed by atoms with E-state index in [0.29, 0.717) is 34.8 Å². The van der Waals surface area contributed by atoms with Crippen molar-refractivity contribution in [2.45, 2.75) is 66.2 Å². The van der Waals surface area contributed by atoms with Crippen molar-refractivity contribution in [2.24, 2.45) is 0 Å². The van der Waals surface area contributed by atoms with Crippen LogP contribution in [0.15, 0.2) is 29.4 Å². The Kier molecular flexibility index (Phi) is 14.4. The third kappa shape index (κ3) is 9.60. The summed E-state index contributed by atoms with van der Waals surface area (Å²) < 4.78 is 22.2. The van der Waals surface area contributed by atoms with E-state index < -0.39 is 0 Å². The largest absolute Gasteiger partial charge is 0.481 e. The summed E-state index contributed by atoms with van der Waals surface area (Å²) in [6.07, 6.45) is 4.84. The summed E-state index contributed by atoms with van der Waals surface area (Å²) >= 11 is 1.52. The third-order valence-corrected chi connectivity index (χ3v) is 6.58. The number of nitrogens with two attached hydrogens (primary N) is 4. The minimum Gasteiger partial charge on any atom is -0.481 e. The molecule has 0 saturated heterocycles. The Morgan fingerprint density at radius 3 is 1.44 bits per heavy atom. The minimum absolute atomic E-state index is 0. The first-order chi connectivity index (χ1) is 20.4. The Labute approximate surface area is 269 Å². The second-order valence-electron chi connectivity index (χ2n) is 9.75. The van der Waals surface area contributed by atoms with E-state index in [4.69, 9.17) is 41.9 Å². The third-order valence-electron chi connectivity index (χ3n) is 5.85. The van der Waals surface area contributed by atoms with Crippen molar-refractivity contribution in [1.29, 1.82) is 0 Å². The summed E-state index contributed by atoms with van der Waals surface area (Å²) in [6, 6.07) is 3.73. The normalized spacial score (nSPS) is 10.3. The van der Waals surface area contributed by atoms with Gasteiger partial charge in [0, 0.05) is 11.6 Å². The van der Waals surface area contributed by atoms with Crippen LogP contribution in [0.25, 0.3) is 0 Å². The highest BCUT2D eigenvalue weighted by Crippen LogP contribution is 2.38. The molecular formula is C30H46N10O4S. The Morgan fingerprint density at radius 2 is 1.07 bits per heavy atom. The zero-order chi connectivity index (χ0) is 31.8. The van der Waals surface area contributed by atoms with Crippen LogP contribution in [-0.4, -0.2) is 50.4 Å². The molecule has 0 bridgehead atoms. The van der Waals surface area contributed by atoms with Gasteiger partial charge in [-0.15, -0.1) is 11.8 Å². The standard InChI is InChI=1S/C14H19N5O2S.C14H19N5O2.2CH4/c1-7(2)11-8(5-10(22-4)13(18-11)20-3)21-9-6-17-14(16)19-12(9)15;1-7(2)11-9(5-8(3)13(18-11)20-4)21-10-6-17-14(16)19-12(10)15;;/h5-7H,1-4H3,(H4,15,16,17,19);5-7H,1-4H3,(H4,15,16,17,19);2*1H4. The molecule has 0 spiro atoms. The van der Waals surface area contributed by atoms with E-state index in [9.17, 15) is 0 Å². The second-order valence-corrected chi connectivity index (χ2v) is 10.6. The van der Waals surface area contributed by atoms with E-state index in [-0.39, 0.29) is 50.2 Å². The van der Waals surface area contributed by atoms with E-state index in [1.54, 1.807) is 14.2 Å². The van der Waals surface area contributed by atoms with Crippen LogP contribution >= 0.6 is 11.8 Å². The number of anilines is 4. The van der Waals surface area contributed by atoms with Crippen LogP contribution in [0, 0.1) is 6.92 Å². The van der Waals surface area contributed by atoms with Crippen molar-refractivity contribution in [2.75, 3.05) is 43.4 Å². The summed E-state index contributed by atoms with van der Waals surface area (Å²) in [5.74, 6) is 3.92. The van der Waals surface area contributed by atoms with Crippen LogP contribution in [0.1, 0.15) is 71.3 Å². The van der Waals surface area contributed by atoms with E-state index >= 15 is 0 Å². The molecule has 4 aromatic heterocycles. The number of ether oxygens (including phenoxy) is 4. The molecule has 0 fully saturated rings. The molecule has 0 aliphatic heterocycles. The number of pyridine rings is 2. The highest BCUT2D eigenvalue weighted by molar-refractivity contribution is 7.98. The van der Waals surface area contributed by atoms with Gasteiger partial charge in [0.05, 0.1) is 42.9 Å². The highest BCUT2D eigenvalue weighted by atomic mass is 32.2. The average Bonchev–Trinajstić information content (AvgIpc) is 2.95. The fourth-order valence-electron chi connectivity index (χ4n) is 3.74. The number of methoxy groups -OCH3 is 2. The van der Waals surface area contributed by atoms with Gasteiger partial charge in [0.25, 0.3) is 0 Å². The molecule has 8 N–H and O–H groups in total. The highest BCUT2D eigenvalue weighted by Gasteiger charge is 2.19. The van der Waals surface area contributed by atoms with Crippen molar-refractivity contribution in [3.63, 3.8) is 0 Å². The molecule has 4 aromatic rings. The molecule has 4 heterocycles. The van der Waals surface area contributed by atoms with Crippen LogP contribution in [0.5, 0.6) is 34.8 Å². The van der Waals surface area contributed by atoms with Crippen LogP contribution in [0.2, 0.25) is 0 Å². The molecule has 0 radical (unpaired) electrons. The maximum atomic E-state index is 5.86. The maximum Gasteiger partial charge on any atom is 0.227 e. The van der Waals surface area contributed by atoms with E-state index in [1.165, 1.54) is 24.2 Å². The maximum absolute atomic E-state index is 5.86. The minimum atomic E-state index is 0. The number of aryl methyl sites for hydroxylation is 1. The van der Waals surface area contributed by atoms with Gasteiger partial charge in [0.15, 0.2) is 28.9 Å². The topological polar surface area (TPSA) is 218 Å². The average molecular weight is 643 g/mol. The molecule has 0 atom stereocenters. The van der Waals surface area contributed by atoms with Crippen molar-refractivity contribution in [3.8, 4) is 34.8 Å². The predicted octanol–water partition coefficient (Wildman–Crippen LogP) is 6.22. The fourth-order valence-corrected chi connectivity index (χ4v) is 4.27. The molecule has 45 heavy (non-hydrogen) atoms. The van der Waals surface area contributed by atoms with Crippen molar-refractivity contribution in [1.82, 2.24) is 29.9 Å². The first kappa shape index (κ1) is 38.2. The Balaban J connectivity index is 0.000000431. The molecule has 15 heteroatoms. The lowest BCUT2D eigenvalue weighted by molar-refractivity contribution is 0.379. The van der Waals surface area contributed by atoms with Crippen molar-refractivity contribution >= 4 is 35.3 Å². The molecule has 0 saturated carbocycles. The van der Waals surface area contributed by atoms with Gasteiger partial charge in [-0.3, -0.25) is 0 Å². The summed E-state index contributed by atoms with van der Waals surface area (Å²) in [5.41, 5.74) is 25.0. The number of nitrogen functional groups attached to an aromatic ring is 4. The van der Waals surface area contributed by atoms with Gasteiger partial charge < -0.3 is 41.9 Å². The van der Waals surface area contributed by atoms with Gasteiger partial charge in [-0.2, -0.15) is 9.97 Å². The molecule has 246 valence electrons. The van der Waals surface area contributed by atoms with Crippen molar-refractivity contribution in [3.05, 3.63) is 41.5 Å². The molecule has 0 aliphatic rings. The van der Waals surface area contributed by atoms with E-state index in [1.807, 2.05) is 53.0 Å². The number of thioether (sulfide) groups is 1. The molecule has 14 nitrogen and oxygen atoms in total. The van der Waals surface area contributed by atoms with Gasteiger partial charge in [-0.1, -0.05) is 42.5 Å². The predicted molar refractivity (Wildman–Crippen MR) is 182 cm³/mol. The first-order valence-corrected chi connectivity index (χ1v) is 14.4. The van der Waals surface area contributed by atoms with E-state index in [2.05, 4.69) is 29.9 Å². The molecular weight excluding hydrogens is 596 g/mol. The van der Waals surface area contributed by atoms with Crippen LogP contribution in [0.3, 0.4) is 0 Å². The SMILES string of the molecule is C.C.COc1nc(C(C)C)c(Oc2cnc(N)nc2N)cc1C.COc1nc(C(C)C)c(Oc2cnc(N)nc2N)cc1SC. The van der Waals surface area contributed by atoms with Crippen molar-refractivity contribution < 1.29 is 18.9 Å². The van der Waals surface area contributed by atoms with Gasteiger partial charge in [-0.25, -0.2) is 19.9 Å². The van der Waals surface area contributed by atoms with Gasteiger partial charge in [0.1, 0.15) is 5.75 Å². The zero-order valence-electron chi connectivity index (χ0n) is 25.5. The first-order valence-electron chi connectivity index (χ1n) is 13.2. The van der Waals surface area contributed by atoms with Crippen LogP contribution in [-0.2, 0) is 0 Å². The van der Waals surface area contributed by atoms with Crippen LogP contribution < -0.4 is 41.9 Å². The Bertz CT molecular complexity index is 1570. The van der Waals surface area contributed by atoms with Crippen LogP contribution in [0.4, 0.5) is 23.5 Å². The zero-order valence-corrected chi connectivity index (χ0v) is 26.3. The van der Waals surface area contributed by atoms with Gasteiger partial charge in [0.2, 0.25) is 23.7 Å². The molecule has 0 aliphatic carbocycles. The lowest BCUT2D eigenvalue weighted by atomic mass is 10.1. The lowest BCUT2D eigenvalue weighted by Gasteiger charge is -2.16. The number of hydrogen-bond acceptors (Lipinski definition) is 15. The van der Waals surface area contributed by atoms with Gasteiger partial charge >= 0.3 is 0 Å². The summed E-state index contributed by atoms with van der Waals surface area (Å²) in [6.45, 7) is 9.98. The fraction of sp³-hybridized carbons (Fsp3) is 0.400. The number of nitrogens with zero attached hydrogens (tertiary/aromatic N) is 6. The second kappa shape index (κ2) is 16.9. The smallest absolute Gasteiger partial charge is 0.227 e. The van der Waals surface area contributed by atoms with E-state index in [0.717, 1.165) is 21.8 Å². The Morgan fingerprint density at radius 1 is 0.644 bits per heavy atom. The lowest BCUT2D eigenvalue weighted by Crippen LogP contribution is -2.05. The molecule has 0 amide bonds. The van der Waals surface area contributed by atoms with Gasteiger partial charge in [-0.05, 0) is 31.1 Å². The molecule has 0 aromatic carbocycles. The quantitative estimate of drug-likeness (QED) is 0.149. The number of aromatic nitrogens is 6. The summed E-state index contributed by atoms with van der Waals surface area (Å²) in [5, 5.41) is 0. The summed E-state index contributed by atoms with van der Waals surface area (Å²) in [4.78, 5) is 25.4. The summed E-state index contributed by atoms with van der Waals surface area (Å²) in [7, 11) is 3.18. The monoisotopic (exact) mass is 642 g/mol. The number of hydrogen-bond donors (Lipinski definition) is 4. The molecule has 4 rings (SSSR count). The number of rotatable bonds is 9. The molecule has 0 unspecified atom stereocenters. The Hall–Kier alpha value is -4.79.